The van der Waals surface area contributed by atoms with Gasteiger partial charge in [-0.3, -0.25) is 0 Å². The van der Waals surface area contributed by atoms with E-state index in [1.165, 1.54) is 19.3 Å². The molecule has 0 radical (unpaired) electrons. The quantitative estimate of drug-likeness (QED) is 0.862. The van der Waals surface area contributed by atoms with Crippen LogP contribution in [0.15, 0.2) is 12.1 Å². The van der Waals surface area contributed by atoms with Gasteiger partial charge in [-0.15, -0.1) is 0 Å². The number of nitrogens with one attached hydrogen (secondary N) is 1. The Labute approximate surface area is 114 Å². The van der Waals surface area contributed by atoms with Crippen LogP contribution in [-0.2, 0) is 0 Å². The van der Waals surface area contributed by atoms with Gasteiger partial charge in [-0.2, -0.15) is 0 Å². The molecule has 3 nitrogen and oxygen atoms in total. The van der Waals surface area contributed by atoms with Crippen LogP contribution in [0.25, 0.3) is 0 Å². The van der Waals surface area contributed by atoms with Crippen molar-refractivity contribution in [2.24, 2.45) is 11.1 Å². The first-order valence-electron chi connectivity index (χ1n) is 6.38. The van der Waals surface area contributed by atoms with Crippen LogP contribution in [0.5, 0.6) is 5.75 Å². The summed E-state index contributed by atoms with van der Waals surface area (Å²) in [7, 11) is 1.68. The number of methoxy groups -OCH3 is 1. The van der Waals surface area contributed by atoms with E-state index in [1.54, 1.807) is 7.11 Å². The van der Waals surface area contributed by atoms with Crippen LogP contribution in [0, 0.1) is 12.3 Å². The van der Waals surface area contributed by atoms with Gasteiger partial charge in [0.15, 0.2) is 0 Å². The van der Waals surface area contributed by atoms with Crippen LogP contribution >= 0.6 is 11.6 Å². The lowest BCUT2D eigenvalue weighted by molar-refractivity contribution is 0.163. The summed E-state index contributed by atoms with van der Waals surface area (Å²) in [6, 6.07) is 3.89. The van der Waals surface area contributed by atoms with Crippen LogP contribution in [0.4, 0.5) is 5.69 Å². The fraction of sp³-hybridized carbons (Fsp3) is 0.571. The van der Waals surface area contributed by atoms with Crippen molar-refractivity contribution in [3.05, 3.63) is 22.7 Å². The molecule has 0 bridgehead atoms. The maximum atomic E-state index is 6.15. The fourth-order valence-electron chi connectivity index (χ4n) is 2.37. The van der Waals surface area contributed by atoms with Crippen LogP contribution in [0.3, 0.4) is 0 Å². The first-order chi connectivity index (χ1) is 8.60. The number of ether oxygens (including phenoxy) is 1. The number of anilines is 1. The molecule has 0 unspecified atom stereocenters. The van der Waals surface area contributed by atoms with Crippen molar-refractivity contribution >= 4 is 17.3 Å². The monoisotopic (exact) mass is 268 g/mol. The number of hydrogen-bond acceptors (Lipinski definition) is 3. The molecule has 1 aliphatic carbocycles. The summed E-state index contributed by atoms with van der Waals surface area (Å²) in [6.07, 6.45) is 3.70. The third-order valence-electron chi connectivity index (χ3n) is 3.98. The van der Waals surface area contributed by atoms with Crippen molar-refractivity contribution in [3.63, 3.8) is 0 Å². The Balaban J connectivity index is 2.11. The molecule has 0 aliphatic heterocycles. The lowest BCUT2D eigenvalue weighted by Crippen LogP contribution is -2.43. The maximum absolute atomic E-state index is 6.15. The first-order valence-corrected chi connectivity index (χ1v) is 6.76. The molecule has 18 heavy (non-hydrogen) atoms. The Hall–Kier alpha value is -0.930. The fourth-order valence-corrected chi connectivity index (χ4v) is 2.54. The smallest absolute Gasteiger partial charge is 0.142 e. The van der Waals surface area contributed by atoms with Crippen molar-refractivity contribution < 1.29 is 4.74 Å². The van der Waals surface area contributed by atoms with Crippen LogP contribution in [0.1, 0.15) is 24.8 Å². The van der Waals surface area contributed by atoms with Gasteiger partial charge in [0.05, 0.1) is 12.8 Å². The summed E-state index contributed by atoms with van der Waals surface area (Å²) >= 11 is 6.15. The number of halogens is 1. The molecule has 0 aromatic heterocycles. The average Bonchev–Trinajstić information content (AvgIpc) is 2.32. The molecule has 0 amide bonds. The number of benzene rings is 1. The van der Waals surface area contributed by atoms with Crippen molar-refractivity contribution in [3.8, 4) is 5.75 Å². The second-order valence-electron chi connectivity index (χ2n) is 5.21. The molecule has 3 N–H and O–H groups in total. The molecular formula is C14H21ClN2O. The Morgan fingerprint density at radius 3 is 2.67 bits per heavy atom. The average molecular weight is 269 g/mol. The minimum Gasteiger partial charge on any atom is -0.495 e. The maximum Gasteiger partial charge on any atom is 0.142 e. The lowest BCUT2D eigenvalue weighted by atomic mass is 9.69. The van der Waals surface area contributed by atoms with Gasteiger partial charge in [-0.1, -0.05) is 18.0 Å². The normalized spacial score (nSPS) is 17.1. The van der Waals surface area contributed by atoms with Gasteiger partial charge in [0.1, 0.15) is 5.75 Å². The van der Waals surface area contributed by atoms with Gasteiger partial charge >= 0.3 is 0 Å². The second-order valence-corrected chi connectivity index (χ2v) is 5.62. The van der Waals surface area contributed by atoms with E-state index in [0.717, 1.165) is 35.1 Å². The minimum absolute atomic E-state index is 0.266. The zero-order valence-corrected chi connectivity index (χ0v) is 11.8. The molecule has 4 heteroatoms. The predicted octanol–water partition coefficient (Wildman–Crippen LogP) is 3.20. The molecule has 1 saturated carbocycles. The van der Waals surface area contributed by atoms with Crippen molar-refractivity contribution in [2.75, 3.05) is 25.5 Å². The predicted molar refractivity (Wildman–Crippen MR) is 76.6 cm³/mol. The zero-order chi connectivity index (χ0) is 13.2. The summed E-state index contributed by atoms with van der Waals surface area (Å²) in [6.45, 7) is 3.60. The molecule has 0 spiro atoms. The Bertz CT molecular complexity index is 425. The number of hydrogen-bond donors (Lipinski definition) is 2. The molecule has 1 aromatic rings. The number of nitrogens with two attached hydrogens (primary N) is 1. The highest BCUT2D eigenvalue weighted by molar-refractivity contribution is 6.31. The third kappa shape index (κ3) is 2.57. The molecule has 0 atom stereocenters. The summed E-state index contributed by atoms with van der Waals surface area (Å²) in [5.41, 5.74) is 8.10. The Morgan fingerprint density at radius 2 is 2.17 bits per heavy atom. The van der Waals surface area contributed by atoms with E-state index in [1.807, 2.05) is 19.1 Å². The Kier molecular flexibility index (Phi) is 4.03. The van der Waals surface area contributed by atoms with E-state index in [2.05, 4.69) is 5.32 Å². The van der Waals surface area contributed by atoms with E-state index in [9.17, 15) is 0 Å². The lowest BCUT2D eigenvalue weighted by Gasteiger charge is -2.41. The van der Waals surface area contributed by atoms with Gasteiger partial charge in [-0.05, 0) is 49.4 Å². The van der Waals surface area contributed by atoms with E-state index in [-0.39, 0.29) is 5.41 Å². The SMILES string of the molecule is COc1cc(C)c(Cl)cc1NCC1(CN)CCC1. The van der Waals surface area contributed by atoms with Gasteiger partial charge in [-0.25, -0.2) is 0 Å². The van der Waals surface area contributed by atoms with Crippen molar-refractivity contribution in [2.45, 2.75) is 26.2 Å². The molecule has 1 fully saturated rings. The van der Waals surface area contributed by atoms with E-state index in [0.29, 0.717) is 0 Å². The minimum atomic E-state index is 0.266. The summed E-state index contributed by atoms with van der Waals surface area (Å²) in [4.78, 5) is 0. The Morgan fingerprint density at radius 1 is 1.44 bits per heavy atom. The molecule has 0 saturated heterocycles. The second kappa shape index (κ2) is 5.37. The molecule has 100 valence electrons. The number of rotatable bonds is 5. The van der Waals surface area contributed by atoms with Crippen molar-refractivity contribution in [1.82, 2.24) is 0 Å². The highest BCUT2D eigenvalue weighted by Gasteiger charge is 2.35. The van der Waals surface area contributed by atoms with E-state index >= 15 is 0 Å². The summed E-state index contributed by atoms with van der Waals surface area (Å²) in [5.74, 6) is 0.836. The van der Waals surface area contributed by atoms with Gasteiger partial charge in [0.2, 0.25) is 0 Å². The highest BCUT2D eigenvalue weighted by Crippen LogP contribution is 2.41. The standard InChI is InChI=1S/C14H21ClN2O/c1-10-6-13(18-2)12(7-11(10)15)17-9-14(8-16)4-3-5-14/h6-7,17H,3-5,8-9,16H2,1-2H3. The van der Waals surface area contributed by atoms with E-state index < -0.39 is 0 Å². The van der Waals surface area contributed by atoms with Gasteiger partial charge in [0.25, 0.3) is 0 Å². The van der Waals surface area contributed by atoms with Gasteiger partial charge in [0, 0.05) is 11.6 Å². The van der Waals surface area contributed by atoms with Gasteiger partial charge < -0.3 is 15.8 Å². The number of aryl methyl sites for hydroxylation is 1. The van der Waals surface area contributed by atoms with Crippen LogP contribution in [-0.4, -0.2) is 20.2 Å². The highest BCUT2D eigenvalue weighted by atomic mass is 35.5. The molecular weight excluding hydrogens is 248 g/mol. The largest absolute Gasteiger partial charge is 0.495 e. The zero-order valence-electron chi connectivity index (χ0n) is 11.1. The first kappa shape index (κ1) is 13.5. The molecule has 2 rings (SSSR count). The summed E-state index contributed by atoms with van der Waals surface area (Å²) in [5, 5.41) is 4.19. The third-order valence-corrected chi connectivity index (χ3v) is 4.39. The molecule has 0 heterocycles. The van der Waals surface area contributed by atoms with Crippen molar-refractivity contribution in [1.29, 1.82) is 0 Å². The van der Waals surface area contributed by atoms with Crippen LogP contribution < -0.4 is 15.8 Å². The topological polar surface area (TPSA) is 47.3 Å². The molecule has 1 aliphatic rings. The summed E-state index contributed by atoms with van der Waals surface area (Å²) < 4.78 is 5.38. The molecule has 1 aromatic carbocycles. The van der Waals surface area contributed by atoms with E-state index in [4.69, 9.17) is 22.1 Å². The van der Waals surface area contributed by atoms with Crippen LogP contribution in [0.2, 0.25) is 5.02 Å².